The Morgan fingerprint density at radius 1 is 1.50 bits per heavy atom. The molecule has 3 atom stereocenters. The van der Waals surface area contributed by atoms with E-state index >= 15 is 0 Å². The Morgan fingerprint density at radius 2 is 2.08 bits per heavy atom. The third kappa shape index (κ3) is 2.93. The van der Waals surface area contributed by atoms with Gasteiger partial charge in [-0.25, -0.2) is 4.39 Å². The molecule has 0 bridgehead atoms. The summed E-state index contributed by atoms with van der Waals surface area (Å²) in [6, 6.07) is 0. The second-order valence-corrected chi connectivity index (χ2v) is 2.02. The van der Waals surface area contributed by atoms with Gasteiger partial charge < -0.3 is 19.7 Å². The van der Waals surface area contributed by atoms with Gasteiger partial charge in [-0.15, -0.1) is 0 Å². The van der Waals surface area contributed by atoms with Crippen LogP contribution in [0.25, 0.3) is 0 Å². The number of aldehydes is 1. The molecule has 6 heteroatoms. The second kappa shape index (κ2) is 5.62. The zero-order valence-electron chi connectivity index (χ0n) is 6.09. The molecule has 0 aromatic carbocycles. The first-order valence-corrected chi connectivity index (χ1v) is 3.14. The summed E-state index contributed by atoms with van der Waals surface area (Å²) >= 11 is 0. The van der Waals surface area contributed by atoms with E-state index in [-0.39, 0.29) is 12.8 Å². The molecule has 0 spiro atoms. The molecule has 0 saturated heterocycles. The summed E-state index contributed by atoms with van der Waals surface area (Å²) in [4.78, 5) is 19.5. The van der Waals surface area contributed by atoms with E-state index in [1.807, 2.05) is 0 Å². The number of aliphatic hydroxyl groups is 2. The van der Waals surface area contributed by atoms with Gasteiger partial charge in [-0.2, -0.15) is 0 Å². The van der Waals surface area contributed by atoms with E-state index in [4.69, 9.17) is 10.2 Å². The Bertz CT molecular complexity index is 151. The lowest BCUT2D eigenvalue weighted by Gasteiger charge is -2.18. The molecule has 0 heterocycles. The topological polar surface area (TPSA) is 83.8 Å². The van der Waals surface area contributed by atoms with E-state index in [9.17, 15) is 14.0 Å². The van der Waals surface area contributed by atoms with Crippen LogP contribution in [0.4, 0.5) is 4.39 Å². The number of hydrogen-bond donors (Lipinski definition) is 2. The number of aliphatic hydroxyl groups excluding tert-OH is 2. The molecule has 0 radical (unpaired) electrons. The van der Waals surface area contributed by atoms with Crippen molar-refractivity contribution in [3.8, 4) is 0 Å². The number of alkyl halides is 1. The summed E-state index contributed by atoms with van der Waals surface area (Å²) in [5.41, 5.74) is 0. The molecule has 0 saturated carbocycles. The van der Waals surface area contributed by atoms with E-state index in [1.165, 1.54) is 0 Å². The second-order valence-electron chi connectivity index (χ2n) is 2.02. The van der Waals surface area contributed by atoms with Crippen molar-refractivity contribution in [2.75, 3.05) is 6.61 Å². The Morgan fingerprint density at radius 3 is 2.42 bits per heavy atom. The van der Waals surface area contributed by atoms with E-state index in [0.717, 1.165) is 0 Å². The smallest absolute Gasteiger partial charge is 0.293 e. The average Bonchev–Trinajstić information content (AvgIpc) is 2.11. The first kappa shape index (κ1) is 11.0. The third-order valence-corrected chi connectivity index (χ3v) is 1.25. The summed E-state index contributed by atoms with van der Waals surface area (Å²) in [5, 5.41) is 17.3. The largest absolute Gasteiger partial charge is 0.459 e. The van der Waals surface area contributed by atoms with Gasteiger partial charge >= 0.3 is 0 Å². The highest BCUT2D eigenvalue weighted by molar-refractivity contribution is 5.57. The molecule has 70 valence electrons. The van der Waals surface area contributed by atoms with Crippen molar-refractivity contribution in [3.63, 3.8) is 0 Å². The first-order valence-electron chi connectivity index (χ1n) is 3.14. The van der Waals surface area contributed by atoms with Crippen molar-refractivity contribution in [1.29, 1.82) is 0 Å². The van der Waals surface area contributed by atoms with Crippen molar-refractivity contribution in [1.82, 2.24) is 0 Å². The highest BCUT2D eigenvalue weighted by atomic mass is 19.1. The normalized spacial score (nSPS) is 17.6. The Kier molecular flexibility index (Phi) is 5.14. The van der Waals surface area contributed by atoms with Gasteiger partial charge in [0.15, 0.2) is 18.6 Å². The summed E-state index contributed by atoms with van der Waals surface area (Å²) in [6.07, 6.45) is -5.52. The Balaban J connectivity index is 4.08. The monoisotopic (exact) mass is 180 g/mol. The summed E-state index contributed by atoms with van der Waals surface area (Å²) in [7, 11) is 0. The molecule has 0 aromatic rings. The SMILES string of the molecule is O=CO[C@H](CO)[C@@H](O)[C@@H](F)C=O. The summed E-state index contributed by atoms with van der Waals surface area (Å²) < 4.78 is 16.5. The van der Waals surface area contributed by atoms with Crippen molar-refractivity contribution in [2.45, 2.75) is 18.4 Å². The Labute approximate surface area is 67.8 Å². The maximum absolute atomic E-state index is 12.4. The fourth-order valence-corrected chi connectivity index (χ4v) is 0.588. The minimum Gasteiger partial charge on any atom is -0.459 e. The minimum atomic E-state index is -2.16. The quantitative estimate of drug-likeness (QED) is 0.482. The van der Waals surface area contributed by atoms with Gasteiger partial charge in [-0.1, -0.05) is 0 Å². The number of rotatable bonds is 6. The molecular formula is C6H9FO5. The molecule has 0 amide bonds. The fourth-order valence-electron chi connectivity index (χ4n) is 0.588. The molecule has 0 aromatic heterocycles. The molecule has 0 fully saturated rings. The number of ether oxygens (including phenoxy) is 1. The predicted molar refractivity (Wildman–Crippen MR) is 35.0 cm³/mol. The van der Waals surface area contributed by atoms with E-state index in [0.29, 0.717) is 0 Å². The fraction of sp³-hybridized carbons (Fsp3) is 0.667. The minimum absolute atomic E-state index is 0.0401. The van der Waals surface area contributed by atoms with Crippen molar-refractivity contribution in [2.24, 2.45) is 0 Å². The van der Waals surface area contributed by atoms with Crippen molar-refractivity contribution < 1.29 is 28.9 Å². The van der Waals surface area contributed by atoms with Gasteiger partial charge in [-0.05, 0) is 0 Å². The lowest BCUT2D eigenvalue weighted by Crippen LogP contribution is -2.39. The molecule has 5 nitrogen and oxygen atoms in total. The molecule has 0 aliphatic heterocycles. The van der Waals surface area contributed by atoms with E-state index in [2.05, 4.69) is 4.74 Å². The van der Waals surface area contributed by atoms with E-state index in [1.54, 1.807) is 0 Å². The van der Waals surface area contributed by atoms with Crippen LogP contribution in [0.1, 0.15) is 0 Å². The van der Waals surface area contributed by atoms with Gasteiger partial charge in [0, 0.05) is 0 Å². The van der Waals surface area contributed by atoms with Crippen LogP contribution >= 0.6 is 0 Å². The summed E-state index contributed by atoms with van der Waals surface area (Å²) in [5.74, 6) is 0. The van der Waals surface area contributed by atoms with Crippen LogP contribution in [-0.2, 0) is 14.3 Å². The molecule has 0 aliphatic rings. The maximum Gasteiger partial charge on any atom is 0.293 e. The van der Waals surface area contributed by atoms with Gasteiger partial charge in [0.25, 0.3) is 6.47 Å². The lowest BCUT2D eigenvalue weighted by molar-refractivity contribution is -0.147. The van der Waals surface area contributed by atoms with Crippen molar-refractivity contribution in [3.05, 3.63) is 0 Å². The predicted octanol–water partition coefficient (Wildman–Crippen LogP) is -1.58. The zero-order valence-corrected chi connectivity index (χ0v) is 6.09. The van der Waals surface area contributed by atoms with Crippen LogP contribution in [-0.4, -0.2) is 48.0 Å². The zero-order chi connectivity index (χ0) is 9.56. The lowest BCUT2D eigenvalue weighted by atomic mass is 10.1. The molecule has 2 N–H and O–H groups in total. The molecule has 12 heavy (non-hydrogen) atoms. The van der Waals surface area contributed by atoms with Crippen LogP contribution in [0.3, 0.4) is 0 Å². The van der Waals surface area contributed by atoms with Crippen LogP contribution in [0, 0.1) is 0 Å². The molecule has 0 unspecified atom stereocenters. The highest BCUT2D eigenvalue weighted by Crippen LogP contribution is 2.04. The third-order valence-electron chi connectivity index (χ3n) is 1.25. The summed E-state index contributed by atoms with van der Waals surface area (Å²) in [6.45, 7) is -0.782. The number of hydrogen-bond acceptors (Lipinski definition) is 5. The van der Waals surface area contributed by atoms with Crippen molar-refractivity contribution >= 4 is 12.8 Å². The van der Waals surface area contributed by atoms with Crippen LogP contribution in [0.2, 0.25) is 0 Å². The van der Waals surface area contributed by atoms with Gasteiger partial charge in [0.2, 0.25) is 0 Å². The van der Waals surface area contributed by atoms with Gasteiger partial charge in [0.1, 0.15) is 6.10 Å². The maximum atomic E-state index is 12.4. The number of carbonyl (C=O) groups excluding carboxylic acids is 2. The van der Waals surface area contributed by atoms with E-state index < -0.39 is 25.0 Å². The first-order chi connectivity index (χ1) is 5.67. The standard InChI is InChI=1S/C6H9FO5/c7-4(1-8)6(11)5(2-9)12-3-10/h1,3-6,9,11H,2H2/t4-,5+,6-/m0/s1. The average molecular weight is 180 g/mol. The molecular weight excluding hydrogens is 171 g/mol. The molecule has 0 aliphatic carbocycles. The van der Waals surface area contributed by atoms with Crippen LogP contribution in [0.15, 0.2) is 0 Å². The Hall–Kier alpha value is -1.01. The molecule has 0 rings (SSSR count). The van der Waals surface area contributed by atoms with Gasteiger partial charge in [-0.3, -0.25) is 4.79 Å². The number of halogens is 1. The van der Waals surface area contributed by atoms with Gasteiger partial charge in [0.05, 0.1) is 6.61 Å². The number of carbonyl (C=O) groups is 2. The van der Waals surface area contributed by atoms with Crippen LogP contribution < -0.4 is 0 Å². The van der Waals surface area contributed by atoms with Crippen LogP contribution in [0.5, 0.6) is 0 Å². The highest BCUT2D eigenvalue weighted by Gasteiger charge is 2.28.